The zero-order chi connectivity index (χ0) is 22.1. The minimum Gasteiger partial charge on any atom is -0.507 e. The molecule has 1 aliphatic heterocycles. The highest BCUT2D eigenvalue weighted by molar-refractivity contribution is 5.54. The quantitative estimate of drug-likeness (QED) is 0.637. The van der Waals surface area contributed by atoms with Gasteiger partial charge in [-0.15, -0.1) is 0 Å². The lowest BCUT2D eigenvalue weighted by atomic mass is 9.83. The van der Waals surface area contributed by atoms with Crippen molar-refractivity contribution < 1.29 is 19.3 Å². The number of aromatic nitrogens is 1. The van der Waals surface area contributed by atoms with Crippen LogP contribution < -0.4 is 19.5 Å². The lowest BCUT2D eigenvalue weighted by molar-refractivity contribution is 0.349. The highest BCUT2D eigenvalue weighted by Gasteiger charge is 2.32. The Morgan fingerprint density at radius 2 is 1.61 bits per heavy atom. The Hall–Kier alpha value is -3.25. The average molecular weight is 421 g/mol. The number of nitrogens with zero attached hydrogens (tertiary/aromatic N) is 1. The fourth-order valence-electron chi connectivity index (χ4n) is 4.42. The predicted molar refractivity (Wildman–Crippen MR) is 119 cm³/mol. The maximum absolute atomic E-state index is 10.3. The zero-order valence-corrected chi connectivity index (χ0v) is 18.5. The number of pyridine rings is 1. The maximum atomic E-state index is 10.3. The SMILES string of the molecule is COc1cc2c(cc1OC)[C@@H](c1cc(C)c(O)c(C)c1)N[C@@H](c1cccnc1OC)C2. The number of benzene rings is 2. The second kappa shape index (κ2) is 8.47. The van der Waals surface area contributed by atoms with Crippen molar-refractivity contribution in [2.75, 3.05) is 21.3 Å². The van der Waals surface area contributed by atoms with Gasteiger partial charge in [-0.05, 0) is 66.3 Å². The van der Waals surface area contributed by atoms with Crippen LogP contribution in [0.3, 0.4) is 0 Å². The van der Waals surface area contributed by atoms with Crippen LogP contribution in [0.2, 0.25) is 0 Å². The molecule has 1 aliphatic rings. The number of hydrogen-bond donors (Lipinski definition) is 2. The topological polar surface area (TPSA) is 72.8 Å². The van der Waals surface area contributed by atoms with Gasteiger partial charge < -0.3 is 19.3 Å². The minimum atomic E-state index is -0.100. The number of nitrogens with one attached hydrogen (secondary N) is 1. The van der Waals surface area contributed by atoms with Crippen molar-refractivity contribution in [1.82, 2.24) is 10.3 Å². The summed E-state index contributed by atoms with van der Waals surface area (Å²) in [5.74, 6) is 2.34. The lowest BCUT2D eigenvalue weighted by Crippen LogP contribution is -2.34. The highest BCUT2D eigenvalue weighted by Crippen LogP contribution is 2.43. The standard InChI is InChI=1S/C25H28N2O4/c1-14-9-17(10-15(2)24(14)28)23-19-13-22(30-4)21(29-3)12-16(19)11-20(27-23)18-7-6-8-26-25(18)31-5/h6-10,12-13,20,23,27-28H,11H2,1-5H3/t20-,23-/m1/s1. The number of fused-ring (bicyclic) bond motifs is 1. The van der Waals surface area contributed by atoms with Crippen molar-refractivity contribution in [2.24, 2.45) is 0 Å². The van der Waals surface area contributed by atoms with Crippen LogP contribution in [-0.4, -0.2) is 31.4 Å². The molecule has 31 heavy (non-hydrogen) atoms. The fraction of sp³-hybridized carbons (Fsp3) is 0.320. The van der Waals surface area contributed by atoms with Gasteiger partial charge in [-0.1, -0.05) is 18.2 Å². The Kier molecular flexibility index (Phi) is 5.74. The van der Waals surface area contributed by atoms with Crippen molar-refractivity contribution in [3.05, 3.63) is 76.0 Å². The molecule has 6 nitrogen and oxygen atoms in total. The molecular formula is C25H28N2O4. The molecule has 0 aliphatic carbocycles. The number of aromatic hydroxyl groups is 1. The number of aryl methyl sites for hydroxylation is 2. The van der Waals surface area contributed by atoms with Crippen LogP contribution in [0.5, 0.6) is 23.1 Å². The van der Waals surface area contributed by atoms with E-state index in [0.717, 1.165) is 34.2 Å². The molecule has 6 heteroatoms. The average Bonchev–Trinajstić information content (AvgIpc) is 2.80. The molecule has 0 bridgehead atoms. The van der Waals surface area contributed by atoms with Crippen molar-refractivity contribution in [3.63, 3.8) is 0 Å². The van der Waals surface area contributed by atoms with E-state index < -0.39 is 0 Å². The Morgan fingerprint density at radius 1 is 0.935 bits per heavy atom. The van der Waals surface area contributed by atoms with Crippen LogP contribution in [0.25, 0.3) is 0 Å². The summed E-state index contributed by atoms with van der Waals surface area (Å²) in [5.41, 5.74) is 6.07. The van der Waals surface area contributed by atoms with E-state index >= 15 is 0 Å². The van der Waals surface area contributed by atoms with E-state index in [1.54, 1.807) is 27.5 Å². The molecule has 2 atom stereocenters. The maximum Gasteiger partial charge on any atom is 0.217 e. The first-order valence-corrected chi connectivity index (χ1v) is 10.3. The van der Waals surface area contributed by atoms with Crippen LogP contribution in [0, 0.1) is 13.8 Å². The summed E-state index contributed by atoms with van der Waals surface area (Å²) in [6.45, 7) is 3.84. The number of hydrogen-bond acceptors (Lipinski definition) is 6. The molecule has 3 aromatic rings. The van der Waals surface area contributed by atoms with Crippen molar-refractivity contribution in [3.8, 4) is 23.1 Å². The molecule has 2 N–H and O–H groups in total. The van der Waals surface area contributed by atoms with Gasteiger partial charge in [0, 0.05) is 17.8 Å². The molecular weight excluding hydrogens is 392 g/mol. The number of phenolic OH excluding ortho intramolecular Hbond substituents is 1. The summed E-state index contributed by atoms with van der Waals surface area (Å²) < 4.78 is 16.7. The number of phenols is 1. The normalized spacial score (nSPS) is 17.7. The molecule has 0 amide bonds. The summed E-state index contributed by atoms with van der Waals surface area (Å²) in [6.07, 6.45) is 2.49. The van der Waals surface area contributed by atoms with E-state index in [-0.39, 0.29) is 12.1 Å². The van der Waals surface area contributed by atoms with Gasteiger partial charge in [0.2, 0.25) is 5.88 Å². The zero-order valence-electron chi connectivity index (χ0n) is 18.5. The summed E-state index contributed by atoms with van der Waals surface area (Å²) in [7, 11) is 4.94. The molecule has 0 saturated heterocycles. The van der Waals surface area contributed by atoms with Crippen LogP contribution in [0.15, 0.2) is 42.6 Å². The predicted octanol–water partition coefficient (Wildman–Crippen LogP) is 4.41. The van der Waals surface area contributed by atoms with E-state index in [0.29, 0.717) is 23.1 Å². The Balaban J connectivity index is 1.88. The van der Waals surface area contributed by atoms with E-state index in [4.69, 9.17) is 14.2 Å². The largest absolute Gasteiger partial charge is 0.507 e. The molecule has 4 rings (SSSR count). The highest BCUT2D eigenvalue weighted by atomic mass is 16.5. The van der Waals surface area contributed by atoms with Crippen molar-refractivity contribution in [1.29, 1.82) is 0 Å². The molecule has 2 heterocycles. The minimum absolute atomic E-state index is 0.00586. The third kappa shape index (κ3) is 3.79. The van der Waals surface area contributed by atoms with Gasteiger partial charge in [0.15, 0.2) is 11.5 Å². The van der Waals surface area contributed by atoms with Gasteiger partial charge in [-0.25, -0.2) is 4.98 Å². The molecule has 0 radical (unpaired) electrons. The van der Waals surface area contributed by atoms with E-state index in [9.17, 15) is 5.11 Å². The second-order valence-corrected chi connectivity index (χ2v) is 7.87. The van der Waals surface area contributed by atoms with Gasteiger partial charge in [-0.3, -0.25) is 5.32 Å². The van der Waals surface area contributed by atoms with Gasteiger partial charge in [-0.2, -0.15) is 0 Å². The van der Waals surface area contributed by atoms with Gasteiger partial charge >= 0.3 is 0 Å². The number of ether oxygens (including phenoxy) is 3. The van der Waals surface area contributed by atoms with Crippen molar-refractivity contribution in [2.45, 2.75) is 32.4 Å². The Labute approximate surface area is 182 Å². The lowest BCUT2D eigenvalue weighted by Gasteiger charge is -2.35. The number of rotatable bonds is 5. The monoisotopic (exact) mass is 420 g/mol. The number of methoxy groups -OCH3 is 3. The third-order valence-corrected chi connectivity index (χ3v) is 5.96. The summed E-state index contributed by atoms with van der Waals surface area (Å²) in [6, 6.07) is 12.0. The first-order chi connectivity index (χ1) is 15.0. The van der Waals surface area contributed by atoms with Gasteiger partial charge in [0.25, 0.3) is 0 Å². The van der Waals surface area contributed by atoms with E-state index in [1.807, 2.05) is 44.2 Å². The second-order valence-electron chi connectivity index (χ2n) is 7.87. The summed E-state index contributed by atoms with van der Waals surface area (Å²) in [4.78, 5) is 4.39. The first-order valence-electron chi connectivity index (χ1n) is 10.3. The molecule has 0 saturated carbocycles. The fourth-order valence-corrected chi connectivity index (χ4v) is 4.42. The van der Waals surface area contributed by atoms with Gasteiger partial charge in [0.1, 0.15) is 5.75 Å². The van der Waals surface area contributed by atoms with E-state index in [1.165, 1.54) is 5.56 Å². The molecule has 0 unspecified atom stereocenters. The molecule has 162 valence electrons. The first kappa shape index (κ1) is 21.0. The van der Waals surface area contributed by atoms with Crippen molar-refractivity contribution >= 4 is 0 Å². The molecule has 0 spiro atoms. The van der Waals surface area contributed by atoms with Crippen LogP contribution in [0.4, 0.5) is 0 Å². The molecule has 0 fully saturated rings. The van der Waals surface area contributed by atoms with Gasteiger partial charge in [0.05, 0.1) is 27.4 Å². The third-order valence-electron chi connectivity index (χ3n) is 5.96. The molecule has 1 aromatic heterocycles. The van der Waals surface area contributed by atoms with Crippen LogP contribution >= 0.6 is 0 Å². The summed E-state index contributed by atoms with van der Waals surface area (Å²) >= 11 is 0. The smallest absolute Gasteiger partial charge is 0.217 e. The van der Waals surface area contributed by atoms with Crippen LogP contribution in [0.1, 0.15) is 45.5 Å². The Bertz CT molecular complexity index is 1090. The molecule has 2 aromatic carbocycles. The van der Waals surface area contributed by atoms with E-state index in [2.05, 4.69) is 16.4 Å². The Morgan fingerprint density at radius 3 is 2.26 bits per heavy atom. The van der Waals surface area contributed by atoms with Crippen LogP contribution in [-0.2, 0) is 6.42 Å². The summed E-state index contributed by atoms with van der Waals surface area (Å²) in [5, 5.41) is 14.1.